The zero-order valence-corrected chi connectivity index (χ0v) is 12.6. The van der Waals surface area contributed by atoms with Crippen LogP contribution in [0.2, 0.25) is 18.1 Å². The predicted molar refractivity (Wildman–Crippen MR) is 86.9 cm³/mol. The molecule has 0 spiro atoms. The van der Waals surface area contributed by atoms with Gasteiger partial charge in [0.1, 0.15) is 5.82 Å². The lowest BCUT2D eigenvalue weighted by Crippen LogP contribution is -2.52. The fraction of sp³-hybridized carbons (Fsp3) is 0.200. The van der Waals surface area contributed by atoms with Crippen LogP contribution in [0.4, 0.5) is 5.82 Å². The van der Waals surface area contributed by atoms with E-state index in [9.17, 15) is 4.79 Å². The van der Waals surface area contributed by atoms with Gasteiger partial charge in [-0.15, -0.1) is 19.7 Å². The fourth-order valence-corrected chi connectivity index (χ4v) is 5.17. The zero-order valence-electron chi connectivity index (χ0n) is 11.6. The van der Waals surface area contributed by atoms with E-state index in [0.29, 0.717) is 11.4 Å². The summed E-state index contributed by atoms with van der Waals surface area (Å²) in [4.78, 5) is 19.5. The van der Waals surface area contributed by atoms with E-state index in [2.05, 4.69) is 29.7 Å². The summed E-state index contributed by atoms with van der Waals surface area (Å²) in [6.07, 6.45) is 7.03. The highest BCUT2D eigenvalue weighted by Gasteiger charge is 2.31. The molecule has 0 atom stereocenters. The van der Waals surface area contributed by atoms with Gasteiger partial charge in [0.2, 0.25) is 5.91 Å². The summed E-state index contributed by atoms with van der Waals surface area (Å²) in [5.74, 6) is 0.267. The molecule has 1 aromatic rings. The molecular formula is C15H21N3OSi. The second kappa shape index (κ2) is 7.45. The second-order valence-corrected chi connectivity index (χ2v) is 8.72. The molecular weight excluding hydrogens is 266 g/mol. The number of rotatable bonds is 8. The van der Waals surface area contributed by atoms with E-state index in [-0.39, 0.29) is 5.91 Å². The Morgan fingerprint density at radius 2 is 1.75 bits per heavy atom. The molecule has 0 bridgehead atoms. The van der Waals surface area contributed by atoms with Crippen molar-refractivity contribution >= 4 is 20.0 Å². The number of pyridine rings is 1. The van der Waals surface area contributed by atoms with Crippen LogP contribution in [-0.2, 0) is 0 Å². The molecule has 4 nitrogen and oxygen atoms in total. The Kier molecular flexibility index (Phi) is 5.93. The number of aromatic nitrogens is 1. The van der Waals surface area contributed by atoms with Gasteiger partial charge < -0.3 is 10.7 Å². The number of anilines is 1. The summed E-state index contributed by atoms with van der Waals surface area (Å²) in [6, 6.07) is 5.62. The molecule has 0 unspecified atom stereocenters. The van der Waals surface area contributed by atoms with Crippen LogP contribution in [0.5, 0.6) is 0 Å². The van der Waals surface area contributed by atoms with Gasteiger partial charge in [0.05, 0.1) is 5.56 Å². The third-order valence-corrected chi connectivity index (χ3v) is 7.00. The number of hydrogen-bond acceptors (Lipinski definition) is 3. The number of nitrogens with zero attached hydrogens (tertiary/aromatic N) is 1. The summed E-state index contributed by atoms with van der Waals surface area (Å²) in [5, 5.41) is 0. The Hall–Kier alpha value is -2.14. The Morgan fingerprint density at radius 3 is 2.15 bits per heavy atom. The number of hydrogen-bond donors (Lipinski definition) is 2. The number of carbonyl (C=O) groups excluding carboxylic acids is 1. The highest BCUT2D eigenvalue weighted by molar-refractivity contribution is 6.80. The first-order valence-corrected chi connectivity index (χ1v) is 9.06. The van der Waals surface area contributed by atoms with E-state index in [0.717, 1.165) is 18.1 Å². The molecule has 106 valence electrons. The van der Waals surface area contributed by atoms with Gasteiger partial charge in [-0.25, -0.2) is 4.98 Å². The summed E-state index contributed by atoms with van der Waals surface area (Å²) in [7, 11) is -2.07. The van der Waals surface area contributed by atoms with Crippen molar-refractivity contribution in [3.05, 3.63) is 61.9 Å². The van der Waals surface area contributed by atoms with E-state index in [1.54, 1.807) is 12.1 Å². The van der Waals surface area contributed by atoms with Gasteiger partial charge in [-0.3, -0.25) is 4.79 Å². The molecule has 0 saturated heterocycles. The molecule has 20 heavy (non-hydrogen) atoms. The van der Waals surface area contributed by atoms with E-state index >= 15 is 0 Å². The van der Waals surface area contributed by atoms with Gasteiger partial charge >= 0.3 is 0 Å². The van der Waals surface area contributed by atoms with Crippen molar-refractivity contribution in [2.24, 2.45) is 0 Å². The molecule has 1 aromatic heterocycles. The van der Waals surface area contributed by atoms with Crippen LogP contribution in [0.1, 0.15) is 10.4 Å². The van der Waals surface area contributed by atoms with Crippen LogP contribution in [0.3, 0.4) is 0 Å². The van der Waals surface area contributed by atoms with Crippen molar-refractivity contribution in [1.82, 2.24) is 9.97 Å². The van der Waals surface area contributed by atoms with Crippen LogP contribution in [0.15, 0.2) is 56.3 Å². The number of nitrogens with two attached hydrogens (primary N) is 1. The predicted octanol–water partition coefficient (Wildman–Crippen LogP) is 2.90. The maximum Gasteiger partial charge on any atom is 0.245 e. The molecule has 3 N–H and O–H groups in total. The summed E-state index contributed by atoms with van der Waals surface area (Å²) >= 11 is 0. The Balaban J connectivity index is 2.94. The van der Waals surface area contributed by atoms with Crippen molar-refractivity contribution < 1.29 is 4.79 Å². The SMILES string of the molecule is C=CC[Si](CC=C)(CC=C)NC(=O)c1ccc(N)nc1. The molecule has 0 fully saturated rings. The topological polar surface area (TPSA) is 68.0 Å². The molecule has 1 amide bonds. The van der Waals surface area contributed by atoms with Crippen molar-refractivity contribution in [2.75, 3.05) is 5.73 Å². The number of allylic oxidation sites excluding steroid dienone is 3. The van der Waals surface area contributed by atoms with E-state index < -0.39 is 8.24 Å². The highest BCUT2D eigenvalue weighted by Crippen LogP contribution is 2.20. The minimum Gasteiger partial charge on any atom is -0.384 e. The molecule has 0 saturated carbocycles. The lowest BCUT2D eigenvalue weighted by atomic mass is 10.3. The van der Waals surface area contributed by atoms with Gasteiger partial charge in [-0.2, -0.15) is 0 Å². The number of nitrogen functional groups attached to an aromatic ring is 1. The van der Waals surface area contributed by atoms with Crippen molar-refractivity contribution in [2.45, 2.75) is 18.1 Å². The standard InChI is InChI=1S/C15H21N3OSi/c1-4-9-20(10-5-2,11-6-3)18-15(19)13-7-8-14(16)17-12-13/h4-8,12H,1-3,9-11H2,(H2,16,17)(H,18,19). The van der Waals surface area contributed by atoms with Crippen molar-refractivity contribution in [3.63, 3.8) is 0 Å². The molecule has 1 rings (SSSR count). The third kappa shape index (κ3) is 4.20. The van der Waals surface area contributed by atoms with Crippen molar-refractivity contribution in [3.8, 4) is 0 Å². The van der Waals surface area contributed by atoms with E-state index in [1.165, 1.54) is 6.20 Å². The average Bonchev–Trinajstić information content (AvgIpc) is 2.40. The average molecular weight is 287 g/mol. The van der Waals surface area contributed by atoms with Gasteiger partial charge in [0.15, 0.2) is 8.24 Å². The molecule has 1 heterocycles. The molecule has 0 aliphatic carbocycles. The van der Waals surface area contributed by atoms with Crippen LogP contribution in [0.25, 0.3) is 0 Å². The molecule has 0 radical (unpaired) electrons. The quantitative estimate of drug-likeness (QED) is 0.570. The smallest absolute Gasteiger partial charge is 0.245 e. The molecule has 0 aromatic carbocycles. The van der Waals surface area contributed by atoms with Crippen LogP contribution in [-0.4, -0.2) is 19.1 Å². The molecule has 0 aliphatic heterocycles. The zero-order chi connectivity index (χ0) is 15.0. The van der Waals surface area contributed by atoms with E-state index in [4.69, 9.17) is 5.73 Å². The number of nitrogens with one attached hydrogen (secondary N) is 1. The van der Waals surface area contributed by atoms with Crippen LogP contribution < -0.4 is 10.7 Å². The minimum absolute atomic E-state index is 0.130. The lowest BCUT2D eigenvalue weighted by Gasteiger charge is -2.29. The first-order valence-electron chi connectivity index (χ1n) is 6.43. The van der Waals surface area contributed by atoms with Gasteiger partial charge in [-0.05, 0) is 30.3 Å². The normalized spacial score (nSPS) is 10.6. The number of carbonyl (C=O) groups is 1. The van der Waals surface area contributed by atoms with Crippen LogP contribution in [0, 0.1) is 0 Å². The maximum absolute atomic E-state index is 12.3. The van der Waals surface area contributed by atoms with Crippen LogP contribution >= 0.6 is 0 Å². The molecule has 0 aliphatic rings. The fourth-order valence-electron chi connectivity index (χ4n) is 2.08. The Labute approximate surface area is 121 Å². The highest BCUT2D eigenvalue weighted by atomic mass is 28.3. The van der Waals surface area contributed by atoms with Gasteiger partial charge in [-0.1, -0.05) is 18.2 Å². The van der Waals surface area contributed by atoms with Gasteiger partial charge in [0.25, 0.3) is 0 Å². The lowest BCUT2D eigenvalue weighted by molar-refractivity contribution is 0.0977. The summed E-state index contributed by atoms with van der Waals surface area (Å²) in [5.41, 5.74) is 6.03. The Bertz CT molecular complexity index is 470. The first-order chi connectivity index (χ1) is 9.56. The van der Waals surface area contributed by atoms with Gasteiger partial charge in [0, 0.05) is 6.20 Å². The first kappa shape index (κ1) is 15.9. The minimum atomic E-state index is -2.07. The largest absolute Gasteiger partial charge is 0.384 e. The maximum atomic E-state index is 12.3. The molecule has 5 heteroatoms. The summed E-state index contributed by atoms with van der Waals surface area (Å²) in [6.45, 7) is 11.4. The third-order valence-electron chi connectivity index (χ3n) is 3.03. The summed E-state index contributed by atoms with van der Waals surface area (Å²) < 4.78 is 0. The monoisotopic (exact) mass is 287 g/mol. The Morgan fingerprint density at radius 1 is 1.20 bits per heavy atom. The van der Waals surface area contributed by atoms with Crippen molar-refractivity contribution in [1.29, 1.82) is 0 Å². The number of amides is 1. The van der Waals surface area contributed by atoms with E-state index in [1.807, 2.05) is 18.2 Å². The second-order valence-electron chi connectivity index (χ2n) is 4.68.